The van der Waals surface area contributed by atoms with Crippen LogP contribution in [0.4, 0.5) is 0 Å². The summed E-state index contributed by atoms with van der Waals surface area (Å²) in [6.45, 7) is 9.50. The molecule has 0 spiro atoms. The van der Waals surface area contributed by atoms with Gasteiger partial charge in [-0.15, -0.1) is 0 Å². The molecule has 2 bridgehead atoms. The van der Waals surface area contributed by atoms with Crippen LogP contribution in [0.3, 0.4) is 0 Å². The summed E-state index contributed by atoms with van der Waals surface area (Å²) in [7, 11) is 0. The molecule has 110 valence electrons. The van der Waals surface area contributed by atoms with Crippen molar-refractivity contribution in [3.05, 3.63) is 35.4 Å². The van der Waals surface area contributed by atoms with Crippen molar-refractivity contribution in [2.45, 2.75) is 45.7 Å². The summed E-state index contributed by atoms with van der Waals surface area (Å²) in [4.78, 5) is 2.61. The highest BCUT2D eigenvalue weighted by molar-refractivity contribution is 5.22. The largest absolute Gasteiger partial charge is 0.308 e. The molecule has 3 fully saturated rings. The summed E-state index contributed by atoms with van der Waals surface area (Å²) in [6.07, 6.45) is 3.98. The second-order valence-electron chi connectivity index (χ2n) is 7.04. The monoisotopic (exact) mass is 272 g/mol. The maximum absolute atomic E-state index is 3.79. The second-order valence-corrected chi connectivity index (χ2v) is 7.04. The normalized spacial score (nSPS) is 29.1. The van der Waals surface area contributed by atoms with Crippen LogP contribution in [0.2, 0.25) is 0 Å². The summed E-state index contributed by atoms with van der Waals surface area (Å²) >= 11 is 0. The van der Waals surface area contributed by atoms with Crippen molar-refractivity contribution >= 4 is 0 Å². The van der Waals surface area contributed by atoms with Gasteiger partial charge in [0.05, 0.1) is 0 Å². The molecule has 0 saturated carbocycles. The van der Waals surface area contributed by atoms with E-state index in [1.165, 1.54) is 50.0 Å². The van der Waals surface area contributed by atoms with Gasteiger partial charge >= 0.3 is 0 Å². The third-order valence-electron chi connectivity index (χ3n) is 4.89. The van der Waals surface area contributed by atoms with Crippen molar-refractivity contribution in [3.63, 3.8) is 0 Å². The van der Waals surface area contributed by atoms with Gasteiger partial charge in [-0.3, -0.25) is 0 Å². The Morgan fingerprint density at radius 3 is 2.30 bits per heavy atom. The Kier molecular flexibility index (Phi) is 4.42. The minimum Gasteiger partial charge on any atom is -0.308 e. The zero-order chi connectivity index (χ0) is 13.9. The number of piperidine rings is 3. The van der Waals surface area contributed by atoms with Gasteiger partial charge in [0, 0.05) is 19.1 Å². The second kappa shape index (κ2) is 6.28. The van der Waals surface area contributed by atoms with Crippen LogP contribution in [0.25, 0.3) is 0 Å². The Hall–Kier alpha value is -0.860. The predicted octanol–water partition coefficient (Wildman–Crippen LogP) is 3.07. The lowest BCUT2D eigenvalue weighted by molar-refractivity contribution is 0.0720. The Labute approximate surface area is 123 Å². The summed E-state index contributed by atoms with van der Waals surface area (Å²) in [5, 5.41) is 3.79. The van der Waals surface area contributed by atoms with E-state index in [0.29, 0.717) is 6.04 Å². The lowest BCUT2D eigenvalue weighted by Gasteiger charge is -2.45. The number of hydrogen-bond donors (Lipinski definition) is 1. The molecule has 3 heterocycles. The van der Waals surface area contributed by atoms with Gasteiger partial charge in [-0.2, -0.15) is 0 Å². The average Bonchev–Trinajstić information content (AvgIpc) is 2.47. The summed E-state index contributed by atoms with van der Waals surface area (Å²) < 4.78 is 0. The zero-order valence-electron chi connectivity index (χ0n) is 12.9. The Morgan fingerprint density at radius 2 is 1.75 bits per heavy atom. The molecule has 2 heteroatoms. The molecule has 1 N–H and O–H groups in total. The Balaban J connectivity index is 1.51. The van der Waals surface area contributed by atoms with Crippen LogP contribution in [0.1, 0.15) is 37.8 Å². The van der Waals surface area contributed by atoms with Crippen molar-refractivity contribution in [1.82, 2.24) is 10.2 Å². The van der Waals surface area contributed by atoms with E-state index < -0.39 is 0 Å². The number of benzene rings is 1. The van der Waals surface area contributed by atoms with Crippen molar-refractivity contribution in [2.75, 3.05) is 19.6 Å². The molecule has 2 nitrogen and oxygen atoms in total. The molecule has 20 heavy (non-hydrogen) atoms. The SMILES string of the molecule is CC(C)Cc1ccc(CNC2CN3CCC2CC3)cc1. The standard InChI is InChI=1S/C18H28N2/c1-14(2)11-15-3-5-16(6-4-15)12-19-18-13-20-9-7-17(18)8-10-20/h3-6,14,17-19H,7-13H2,1-2H3. The number of hydrogen-bond acceptors (Lipinski definition) is 2. The van der Waals surface area contributed by atoms with Gasteiger partial charge in [-0.05, 0) is 55.3 Å². The first-order valence-corrected chi connectivity index (χ1v) is 8.24. The smallest absolute Gasteiger partial charge is 0.0227 e. The van der Waals surface area contributed by atoms with Crippen LogP contribution in [0.15, 0.2) is 24.3 Å². The van der Waals surface area contributed by atoms with E-state index in [9.17, 15) is 0 Å². The van der Waals surface area contributed by atoms with E-state index in [0.717, 1.165) is 18.4 Å². The number of nitrogens with one attached hydrogen (secondary N) is 1. The highest BCUT2D eigenvalue weighted by Gasteiger charge is 2.33. The molecular weight excluding hydrogens is 244 g/mol. The predicted molar refractivity (Wildman–Crippen MR) is 84.8 cm³/mol. The lowest BCUT2D eigenvalue weighted by atomic mass is 9.84. The molecule has 1 unspecified atom stereocenters. The van der Waals surface area contributed by atoms with Crippen molar-refractivity contribution < 1.29 is 0 Å². The van der Waals surface area contributed by atoms with E-state index in [2.05, 4.69) is 48.3 Å². The van der Waals surface area contributed by atoms with E-state index in [1.807, 2.05) is 0 Å². The molecule has 0 amide bonds. The van der Waals surface area contributed by atoms with Crippen LogP contribution < -0.4 is 5.32 Å². The van der Waals surface area contributed by atoms with Gasteiger partial charge < -0.3 is 10.2 Å². The van der Waals surface area contributed by atoms with Crippen LogP contribution in [-0.2, 0) is 13.0 Å². The maximum Gasteiger partial charge on any atom is 0.0227 e. The third-order valence-corrected chi connectivity index (χ3v) is 4.89. The lowest BCUT2D eigenvalue weighted by Crippen LogP contribution is -2.55. The fourth-order valence-corrected chi connectivity index (χ4v) is 3.71. The van der Waals surface area contributed by atoms with Gasteiger partial charge in [0.2, 0.25) is 0 Å². The third kappa shape index (κ3) is 3.42. The number of rotatable bonds is 5. The summed E-state index contributed by atoms with van der Waals surface area (Å²) in [6, 6.07) is 9.91. The molecule has 3 saturated heterocycles. The molecule has 0 radical (unpaired) electrons. The highest BCUT2D eigenvalue weighted by Crippen LogP contribution is 2.27. The first-order valence-electron chi connectivity index (χ1n) is 8.24. The van der Waals surface area contributed by atoms with Crippen LogP contribution in [0, 0.1) is 11.8 Å². The first kappa shape index (κ1) is 14.1. The molecule has 0 aromatic heterocycles. The van der Waals surface area contributed by atoms with Crippen LogP contribution in [-0.4, -0.2) is 30.6 Å². The van der Waals surface area contributed by atoms with Crippen molar-refractivity contribution in [3.8, 4) is 0 Å². The van der Waals surface area contributed by atoms with E-state index in [-0.39, 0.29) is 0 Å². The van der Waals surface area contributed by atoms with E-state index in [4.69, 9.17) is 0 Å². The summed E-state index contributed by atoms with van der Waals surface area (Å²) in [5.74, 6) is 1.66. The van der Waals surface area contributed by atoms with E-state index in [1.54, 1.807) is 0 Å². The molecule has 1 atom stereocenters. The quantitative estimate of drug-likeness (QED) is 0.886. The van der Waals surface area contributed by atoms with Crippen LogP contribution in [0.5, 0.6) is 0 Å². The van der Waals surface area contributed by atoms with Gasteiger partial charge in [-0.1, -0.05) is 38.1 Å². The van der Waals surface area contributed by atoms with E-state index >= 15 is 0 Å². The maximum atomic E-state index is 3.79. The topological polar surface area (TPSA) is 15.3 Å². The van der Waals surface area contributed by atoms with Gasteiger partial charge in [-0.25, -0.2) is 0 Å². The van der Waals surface area contributed by atoms with Gasteiger partial charge in [0.25, 0.3) is 0 Å². The average molecular weight is 272 g/mol. The molecule has 3 aliphatic heterocycles. The molecule has 4 rings (SSSR count). The fraction of sp³-hybridized carbons (Fsp3) is 0.667. The number of nitrogens with zero attached hydrogens (tertiary/aromatic N) is 1. The first-order chi connectivity index (χ1) is 9.70. The molecule has 3 aliphatic rings. The highest BCUT2D eigenvalue weighted by atomic mass is 15.2. The fourth-order valence-electron chi connectivity index (χ4n) is 3.71. The van der Waals surface area contributed by atoms with Crippen molar-refractivity contribution in [2.24, 2.45) is 11.8 Å². The summed E-state index contributed by atoms with van der Waals surface area (Å²) in [5.41, 5.74) is 2.89. The van der Waals surface area contributed by atoms with Crippen molar-refractivity contribution in [1.29, 1.82) is 0 Å². The molecule has 1 aromatic carbocycles. The van der Waals surface area contributed by atoms with Gasteiger partial charge in [0.15, 0.2) is 0 Å². The minimum absolute atomic E-state index is 0.716. The minimum atomic E-state index is 0.716. The zero-order valence-corrected chi connectivity index (χ0v) is 12.9. The molecular formula is C18H28N2. The van der Waals surface area contributed by atoms with Crippen LogP contribution >= 0.6 is 0 Å². The Morgan fingerprint density at radius 1 is 1.10 bits per heavy atom. The molecule has 0 aliphatic carbocycles. The number of fused-ring (bicyclic) bond motifs is 3. The van der Waals surface area contributed by atoms with Gasteiger partial charge in [0.1, 0.15) is 0 Å². The molecule has 1 aromatic rings. The Bertz CT molecular complexity index is 416.